The van der Waals surface area contributed by atoms with Crippen molar-refractivity contribution in [2.45, 2.75) is 26.2 Å². The van der Waals surface area contributed by atoms with Gasteiger partial charge in [-0.2, -0.15) is 0 Å². The van der Waals surface area contributed by atoms with Gasteiger partial charge in [-0.15, -0.1) is 24.0 Å². The molecular formula is C17H28IN3O. The van der Waals surface area contributed by atoms with Gasteiger partial charge in [-0.1, -0.05) is 30.3 Å². The zero-order valence-electron chi connectivity index (χ0n) is 13.5. The first-order valence-corrected chi connectivity index (χ1v) is 8.00. The summed E-state index contributed by atoms with van der Waals surface area (Å²) in [5.74, 6) is 2.28. The number of nitrogens with one attached hydrogen (secondary N) is 2. The van der Waals surface area contributed by atoms with Gasteiger partial charge >= 0.3 is 0 Å². The second-order valence-corrected chi connectivity index (χ2v) is 5.36. The normalized spacial score (nSPS) is 20.2. The lowest BCUT2D eigenvalue weighted by atomic mass is 10.1. The molecule has 0 heterocycles. The molecule has 2 rings (SSSR count). The lowest BCUT2D eigenvalue weighted by molar-refractivity contribution is 0.152. The maximum Gasteiger partial charge on any atom is 0.191 e. The number of benzene rings is 1. The molecule has 1 aromatic carbocycles. The molecule has 0 saturated heterocycles. The van der Waals surface area contributed by atoms with E-state index in [1.165, 1.54) is 12.0 Å². The predicted molar refractivity (Wildman–Crippen MR) is 103 cm³/mol. The average molecular weight is 417 g/mol. The van der Waals surface area contributed by atoms with Crippen molar-refractivity contribution in [3.8, 4) is 0 Å². The lowest BCUT2D eigenvalue weighted by Crippen LogP contribution is -2.39. The molecule has 1 aromatic rings. The highest BCUT2D eigenvalue weighted by atomic mass is 127. The fourth-order valence-electron chi connectivity index (χ4n) is 2.49. The summed E-state index contributed by atoms with van der Waals surface area (Å²) in [5.41, 5.74) is 1.45. The molecule has 0 aliphatic heterocycles. The van der Waals surface area contributed by atoms with E-state index in [0.717, 1.165) is 38.8 Å². The molecule has 0 bridgehead atoms. The summed E-state index contributed by atoms with van der Waals surface area (Å²) in [4.78, 5) is 4.69. The van der Waals surface area contributed by atoms with Crippen LogP contribution in [0.1, 0.15) is 31.7 Å². The maximum atomic E-state index is 5.33. The third-order valence-electron chi connectivity index (χ3n) is 3.72. The van der Waals surface area contributed by atoms with Gasteiger partial charge in [-0.3, -0.25) is 4.99 Å². The Labute approximate surface area is 151 Å². The molecule has 0 aromatic heterocycles. The van der Waals surface area contributed by atoms with Crippen LogP contribution in [0, 0.1) is 5.92 Å². The monoisotopic (exact) mass is 417 g/mol. The number of hydrogen-bond donors (Lipinski definition) is 2. The van der Waals surface area contributed by atoms with Crippen LogP contribution in [-0.4, -0.2) is 38.8 Å². The Hall–Kier alpha value is -0.820. The van der Waals surface area contributed by atoms with Crippen molar-refractivity contribution < 1.29 is 4.74 Å². The van der Waals surface area contributed by atoms with E-state index in [9.17, 15) is 0 Å². The SMILES string of the molecule is CCNC(=NCC1CC1c1ccccc1)NCCOCC.I. The maximum absolute atomic E-state index is 5.33. The molecule has 1 aliphatic carbocycles. The molecule has 0 amide bonds. The number of rotatable bonds is 8. The summed E-state index contributed by atoms with van der Waals surface area (Å²) in [7, 11) is 0. The Bertz CT molecular complexity index is 439. The minimum Gasteiger partial charge on any atom is -0.380 e. The van der Waals surface area contributed by atoms with Crippen molar-refractivity contribution >= 4 is 29.9 Å². The molecule has 2 atom stereocenters. The first-order chi connectivity index (χ1) is 10.3. The fourth-order valence-corrected chi connectivity index (χ4v) is 2.49. The summed E-state index contributed by atoms with van der Waals surface area (Å²) >= 11 is 0. The fraction of sp³-hybridized carbons (Fsp3) is 0.588. The Morgan fingerprint density at radius 3 is 2.68 bits per heavy atom. The van der Waals surface area contributed by atoms with Crippen LogP contribution in [-0.2, 0) is 4.74 Å². The van der Waals surface area contributed by atoms with Gasteiger partial charge in [0.2, 0.25) is 0 Å². The van der Waals surface area contributed by atoms with Gasteiger partial charge in [0.05, 0.1) is 6.61 Å². The van der Waals surface area contributed by atoms with Gasteiger partial charge in [0, 0.05) is 26.2 Å². The molecule has 1 aliphatic rings. The molecule has 2 N–H and O–H groups in total. The van der Waals surface area contributed by atoms with E-state index in [-0.39, 0.29) is 24.0 Å². The summed E-state index contributed by atoms with van der Waals surface area (Å²) in [6.07, 6.45) is 1.26. The first kappa shape index (κ1) is 19.2. The van der Waals surface area contributed by atoms with E-state index < -0.39 is 0 Å². The quantitative estimate of drug-likeness (QED) is 0.296. The number of ether oxygens (including phenoxy) is 1. The van der Waals surface area contributed by atoms with Crippen molar-refractivity contribution in [1.29, 1.82) is 0 Å². The number of hydrogen-bond acceptors (Lipinski definition) is 2. The molecule has 4 nitrogen and oxygen atoms in total. The van der Waals surface area contributed by atoms with Crippen molar-refractivity contribution in [2.24, 2.45) is 10.9 Å². The van der Waals surface area contributed by atoms with E-state index in [4.69, 9.17) is 4.74 Å². The van der Waals surface area contributed by atoms with Crippen molar-refractivity contribution in [3.63, 3.8) is 0 Å². The summed E-state index contributed by atoms with van der Waals surface area (Å²) in [5, 5.41) is 6.59. The second kappa shape index (κ2) is 10.8. The standard InChI is InChI=1S/C17H27N3O.HI/c1-3-18-17(19-10-11-21-4-2)20-13-15-12-16(15)14-8-6-5-7-9-14;/h5-9,15-16H,3-4,10-13H2,1-2H3,(H2,18,19,20);1H. The largest absolute Gasteiger partial charge is 0.380 e. The smallest absolute Gasteiger partial charge is 0.191 e. The molecule has 124 valence electrons. The van der Waals surface area contributed by atoms with Crippen LogP contribution in [0.2, 0.25) is 0 Å². The summed E-state index contributed by atoms with van der Waals surface area (Å²) in [6, 6.07) is 10.8. The van der Waals surface area contributed by atoms with Crippen LogP contribution in [0.15, 0.2) is 35.3 Å². The number of guanidine groups is 1. The van der Waals surface area contributed by atoms with Gasteiger partial charge in [-0.25, -0.2) is 0 Å². The molecule has 1 saturated carbocycles. The molecule has 2 unspecified atom stereocenters. The van der Waals surface area contributed by atoms with Gasteiger partial charge in [0.15, 0.2) is 5.96 Å². The van der Waals surface area contributed by atoms with Crippen LogP contribution in [0.25, 0.3) is 0 Å². The van der Waals surface area contributed by atoms with E-state index in [0.29, 0.717) is 11.8 Å². The Kier molecular flexibility index (Phi) is 9.47. The van der Waals surface area contributed by atoms with Gasteiger partial charge in [0.1, 0.15) is 0 Å². The third-order valence-corrected chi connectivity index (χ3v) is 3.72. The zero-order chi connectivity index (χ0) is 14.9. The molecule has 0 spiro atoms. The summed E-state index contributed by atoms with van der Waals surface area (Å²) in [6.45, 7) is 8.15. The van der Waals surface area contributed by atoms with E-state index >= 15 is 0 Å². The second-order valence-electron chi connectivity index (χ2n) is 5.36. The van der Waals surface area contributed by atoms with Crippen molar-refractivity contribution in [2.75, 3.05) is 32.8 Å². The molecule has 1 fully saturated rings. The highest BCUT2D eigenvalue weighted by molar-refractivity contribution is 14.0. The van der Waals surface area contributed by atoms with Crippen LogP contribution in [0.5, 0.6) is 0 Å². The van der Waals surface area contributed by atoms with Crippen molar-refractivity contribution in [1.82, 2.24) is 10.6 Å². The lowest BCUT2D eigenvalue weighted by Gasteiger charge is -2.11. The third kappa shape index (κ3) is 6.52. The van der Waals surface area contributed by atoms with Gasteiger partial charge in [-0.05, 0) is 37.7 Å². The minimum absolute atomic E-state index is 0. The van der Waals surface area contributed by atoms with E-state index in [1.54, 1.807) is 0 Å². The highest BCUT2D eigenvalue weighted by Gasteiger charge is 2.37. The van der Waals surface area contributed by atoms with E-state index in [2.05, 4.69) is 52.9 Å². The van der Waals surface area contributed by atoms with Gasteiger partial charge in [0.25, 0.3) is 0 Å². The number of halogens is 1. The Balaban J connectivity index is 0.00000242. The predicted octanol–water partition coefficient (Wildman–Crippen LogP) is 3.00. The highest BCUT2D eigenvalue weighted by Crippen LogP contribution is 2.47. The van der Waals surface area contributed by atoms with Crippen LogP contribution < -0.4 is 10.6 Å². The molecule has 22 heavy (non-hydrogen) atoms. The minimum atomic E-state index is 0. The average Bonchev–Trinajstić information content (AvgIpc) is 3.29. The van der Waals surface area contributed by atoms with Crippen LogP contribution in [0.3, 0.4) is 0 Å². The zero-order valence-corrected chi connectivity index (χ0v) is 15.9. The van der Waals surface area contributed by atoms with E-state index in [1.807, 2.05) is 6.92 Å². The van der Waals surface area contributed by atoms with Gasteiger partial charge < -0.3 is 15.4 Å². The van der Waals surface area contributed by atoms with Crippen LogP contribution in [0.4, 0.5) is 0 Å². The number of aliphatic imine (C=N–C) groups is 1. The van der Waals surface area contributed by atoms with Crippen LogP contribution >= 0.6 is 24.0 Å². The molecule has 5 heteroatoms. The summed E-state index contributed by atoms with van der Waals surface area (Å²) < 4.78 is 5.33. The first-order valence-electron chi connectivity index (χ1n) is 8.00. The number of nitrogens with zero attached hydrogens (tertiary/aromatic N) is 1. The Morgan fingerprint density at radius 2 is 2.00 bits per heavy atom. The Morgan fingerprint density at radius 1 is 1.23 bits per heavy atom. The van der Waals surface area contributed by atoms with Crippen molar-refractivity contribution in [3.05, 3.63) is 35.9 Å². The molecule has 0 radical (unpaired) electrons. The molecular weight excluding hydrogens is 389 g/mol. The topological polar surface area (TPSA) is 45.7 Å².